The number of anilines is 1. The summed E-state index contributed by atoms with van der Waals surface area (Å²) in [6.07, 6.45) is 2.87. The summed E-state index contributed by atoms with van der Waals surface area (Å²) in [5.74, 6) is -1.26. The molecule has 3 rings (SSSR count). The number of carboxylic acids is 1. The molecule has 8 nitrogen and oxygen atoms in total. The first kappa shape index (κ1) is 18.9. The number of benzene rings is 1. The minimum Gasteiger partial charge on any atom is -0.481 e. The molecule has 0 unspecified atom stereocenters. The highest BCUT2D eigenvalue weighted by molar-refractivity contribution is 6.33. The fraction of sp³-hybridized carbons (Fsp3) is 0.176. The van der Waals surface area contributed by atoms with Crippen LogP contribution in [0.3, 0.4) is 0 Å². The van der Waals surface area contributed by atoms with E-state index in [1.807, 2.05) is 18.2 Å². The molecule has 3 aromatic rings. The molecule has 2 N–H and O–H groups in total. The number of halogens is 2. The predicted molar refractivity (Wildman–Crippen MR) is 100 cm³/mol. The molecular formula is C17H15Cl2N5O3. The van der Waals surface area contributed by atoms with Crippen LogP contribution in [0, 0.1) is 0 Å². The van der Waals surface area contributed by atoms with Gasteiger partial charge in [0.2, 0.25) is 0 Å². The highest BCUT2D eigenvalue weighted by Crippen LogP contribution is 2.22. The van der Waals surface area contributed by atoms with E-state index < -0.39 is 11.9 Å². The van der Waals surface area contributed by atoms with Crippen molar-refractivity contribution in [2.75, 3.05) is 5.32 Å². The molecule has 0 aliphatic heterocycles. The van der Waals surface area contributed by atoms with Crippen molar-refractivity contribution in [3.8, 4) is 0 Å². The molecule has 2 aromatic heterocycles. The van der Waals surface area contributed by atoms with Crippen LogP contribution in [0.4, 0.5) is 5.82 Å². The molecule has 1 amide bonds. The van der Waals surface area contributed by atoms with Crippen LogP contribution < -0.4 is 5.32 Å². The zero-order valence-corrected chi connectivity index (χ0v) is 15.5. The molecule has 0 saturated heterocycles. The smallest absolute Gasteiger partial charge is 0.305 e. The van der Waals surface area contributed by atoms with Gasteiger partial charge in [-0.25, -0.2) is 0 Å². The Morgan fingerprint density at radius 1 is 1.15 bits per heavy atom. The van der Waals surface area contributed by atoms with Gasteiger partial charge < -0.3 is 10.4 Å². The van der Waals surface area contributed by atoms with Crippen LogP contribution in [-0.4, -0.2) is 36.5 Å². The fourth-order valence-electron chi connectivity index (χ4n) is 2.44. The fourth-order valence-corrected chi connectivity index (χ4v) is 2.83. The van der Waals surface area contributed by atoms with E-state index in [0.29, 0.717) is 11.6 Å². The highest BCUT2D eigenvalue weighted by atomic mass is 35.5. The third-order valence-electron chi connectivity index (χ3n) is 3.73. The van der Waals surface area contributed by atoms with Gasteiger partial charge in [0, 0.05) is 17.4 Å². The van der Waals surface area contributed by atoms with Crippen LogP contribution in [-0.2, 0) is 17.9 Å². The van der Waals surface area contributed by atoms with Gasteiger partial charge in [-0.2, -0.15) is 10.2 Å². The van der Waals surface area contributed by atoms with Crippen molar-refractivity contribution in [2.24, 2.45) is 0 Å². The maximum absolute atomic E-state index is 12.5. The van der Waals surface area contributed by atoms with Crippen molar-refractivity contribution < 1.29 is 14.7 Å². The monoisotopic (exact) mass is 407 g/mol. The first-order valence-electron chi connectivity index (χ1n) is 7.95. The topological polar surface area (TPSA) is 102 Å². The van der Waals surface area contributed by atoms with E-state index in [9.17, 15) is 9.59 Å². The average Bonchev–Trinajstić information content (AvgIpc) is 3.22. The van der Waals surface area contributed by atoms with Crippen molar-refractivity contribution >= 4 is 40.9 Å². The molecule has 0 aliphatic carbocycles. The van der Waals surface area contributed by atoms with Gasteiger partial charge in [-0.05, 0) is 17.7 Å². The van der Waals surface area contributed by atoms with Gasteiger partial charge in [0.1, 0.15) is 10.7 Å². The summed E-state index contributed by atoms with van der Waals surface area (Å²) in [6, 6.07) is 8.85. The number of aromatic nitrogens is 4. The third-order valence-corrected chi connectivity index (χ3v) is 4.37. The Balaban J connectivity index is 1.72. The lowest BCUT2D eigenvalue weighted by Gasteiger charge is -2.06. The number of amides is 1. The number of carboxylic acid groups (broad SMARTS) is 1. The number of nitrogens with zero attached hydrogens (tertiary/aromatic N) is 4. The lowest BCUT2D eigenvalue weighted by atomic mass is 10.2. The SMILES string of the molecule is O=C(O)CCn1nccc1C(=O)Nc1nn(Cc2ccccc2Cl)cc1Cl. The van der Waals surface area contributed by atoms with Crippen molar-refractivity contribution in [1.82, 2.24) is 19.6 Å². The quantitative estimate of drug-likeness (QED) is 0.625. The normalized spacial score (nSPS) is 10.7. The number of carbonyl (C=O) groups excluding carboxylic acids is 1. The Morgan fingerprint density at radius 2 is 1.93 bits per heavy atom. The number of rotatable bonds is 7. The molecule has 0 radical (unpaired) electrons. The lowest BCUT2D eigenvalue weighted by molar-refractivity contribution is -0.137. The summed E-state index contributed by atoms with van der Waals surface area (Å²) in [6.45, 7) is 0.478. The van der Waals surface area contributed by atoms with Crippen LogP contribution in [0.25, 0.3) is 0 Å². The largest absolute Gasteiger partial charge is 0.481 e. The molecule has 10 heteroatoms. The van der Waals surface area contributed by atoms with E-state index in [0.717, 1.165) is 5.56 Å². The van der Waals surface area contributed by atoms with E-state index in [2.05, 4.69) is 15.5 Å². The van der Waals surface area contributed by atoms with Gasteiger partial charge in [-0.1, -0.05) is 41.4 Å². The zero-order valence-electron chi connectivity index (χ0n) is 14.0. The van der Waals surface area contributed by atoms with Crippen molar-refractivity contribution in [3.63, 3.8) is 0 Å². The van der Waals surface area contributed by atoms with Gasteiger partial charge in [-0.3, -0.25) is 19.0 Å². The van der Waals surface area contributed by atoms with Crippen LogP contribution >= 0.6 is 23.2 Å². The zero-order chi connectivity index (χ0) is 19.4. The molecular weight excluding hydrogens is 393 g/mol. The Hall–Kier alpha value is -2.84. The molecule has 0 spiro atoms. The average molecular weight is 408 g/mol. The van der Waals surface area contributed by atoms with E-state index in [4.69, 9.17) is 28.3 Å². The molecule has 1 aromatic carbocycles. The van der Waals surface area contributed by atoms with E-state index in [1.165, 1.54) is 16.9 Å². The number of hydrogen-bond donors (Lipinski definition) is 2. The second-order valence-electron chi connectivity index (χ2n) is 5.65. The summed E-state index contributed by atoms with van der Waals surface area (Å²) < 4.78 is 2.89. The van der Waals surface area contributed by atoms with Gasteiger partial charge in [0.05, 0.1) is 19.5 Å². The van der Waals surface area contributed by atoms with Crippen molar-refractivity contribution in [3.05, 3.63) is 64.0 Å². The minimum absolute atomic E-state index is 0.0831. The number of nitrogens with one attached hydrogen (secondary N) is 1. The molecule has 0 aliphatic rings. The maximum Gasteiger partial charge on any atom is 0.305 e. The van der Waals surface area contributed by atoms with Crippen LogP contribution in [0.2, 0.25) is 10.0 Å². The predicted octanol–water partition coefficient (Wildman–Crippen LogP) is 3.16. The molecule has 140 valence electrons. The molecule has 0 bridgehead atoms. The number of aryl methyl sites for hydroxylation is 1. The van der Waals surface area contributed by atoms with Gasteiger partial charge in [0.15, 0.2) is 5.82 Å². The molecule has 0 fully saturated rings. The molecule has 0 saturated carbocycles. The summed E-state index contributed by atoms with van der Waals surface area (Å²) in [5, 5.41) is 20.5. The standard InChI is InChI=1S/C17H15Cl2N5O3/c18-12-4-2-1-3-11(12)9-23-10-13(19)16(22-23)21-17(27)14-5-7-20-24(14)8-6-15(25)26/h1-5,7,10H,6,8-9H2,(H,25,26)(H,21,22,27). The first-order valence-corrected chi connectivity index (χ1v) is 8.71. The Kier molecular flexibility index (Phi) is 5.78. The van der Waals surface area contributed by atoms with Crippen LogP contribution in [0.15, 0.2) is 42.7 Å². The van der Waals surface area contributed by atoms with Crippen molar-refractivity contribution in [2.45, 2.75) is 19.5 Å². The van der Waals surface area contributed by atoms with Gasteiger partial charge in [0.25, 0.3) is 5.91 Å². The van der Waals surface area contributed by atoms with Gasteiger partial charge >= 0.3 is 5.97 Å². The first-order chi connectivity index (χ1) is 12.9. The summed E-state index contributed by atoms with van der Waals surface area (Å²) >= 11 is 12.3. The molecule has 0 atom stereocenters. The Bertz CT molecular complexity index is 983. The lowest BCUT2D eigenvalue weighted by Crippen LogP contribution is -2.19. The second-order valence-corrected chi connectivity index (χ2v) is 6.47. The summed E-state index contributed by atoms with van der Waals surface area (Å²) in [7, 11) is 0. The maximum atomic E-state index is 12.5. The van der Waals surface area contributed by atoms with Crippen LogP contribution in [0.5, 0.6) is 0 Å². The van der Waals surface area contributed by atoms with Crippen LogP contribution in [0.1, 0.15) is 22.5 Å². The van der Waals surface area contributed by atoms with E-state index >= 15 is 0 Å². The molecule has 27 heavy (non-hydrogen) atoms. The third kappa shape index (κ3) is 4.66. The highest BCUT2D eigenvalue weighted by Gasteiger charge is 2.17. The van der Waals surface area contributed by atoms with Gasteiger partial charge in [-0.15, -0.1) is 0 Å². The number of aliphatic carboxylic acids is 1. The Morgan fingerprint density at radius 3 is 2.67 bits per heavy atom. The van der Waals surface area contributed by atoms with E-state index in [1.54, 1.807) is 16.9 Å². The Labute approximate surface area is 164 Å². The second kappa shape index (κ2) is 8.24. The van der Waals surface area contributed by atoms with E-state index in [-0.39, 0.29) is 29.5 Å². The number of carbonyl (C=O) groups is 2. The number of hydrogen-bond acceptors (Lipinski definition) is 4. The summed E-state index contributed by atoms with van der Waals surface area (Å²) in [5.41, 5.74) is 1.08. The summed E-state index contributed by atoms with van der Waals surface area (Å²) in [4.78, 5) is 23.2. The molecule has 2 heterocycles. The minimum atomic E-state index is -0.974. The van der Waals surface area contributed by atoms with Crippen molar-refractivity contribution in [1.29, 1.82) is 0 Å².